The maximum Gasteiger partial charge on any atom is 0.271 e. The number of hydrogen-bond donors (Lipinski definition) is 3. The number of carbonyl (C=O) groups excluding carboxylic acids is 2. The number of carbonyl (C=O) groups is 2. The molecule has 1 aliphatic carbocycles. The zero-order chi connectivity index (χ0) is 24.4. The Kier molecular flexibility index (Phi) is 5.98. The Morgan fingerprint density at radius 3 is 2.23 bits per heavy atom. The predicted molar refractivity (Wildman–Crippen MR) is 136 cm³/mol. The van der Waals surface area contributed by atoms with Crippen LogP contribution in [0.4, 0.5) is 22.9 Å². The first-order valence-corrected chi connectivity index (χ1v) is 11.8. The van der Waals surface area contributed by atoms with E-state index in [9.17, 15) is 9.59 Å². The molecule has 0 radical (unpaired) electrons. The Labute approximate surface area is 204 Å². The highest BCUT2D eigenvalue weighted by molar-refractivity contribution is 5.97. The number of amides is 2. The summed E-state index contributed by atoms with van der Waals surface area (Å²) in [5, 5.41) is 15.0. The molecule has 2 aromatic carbocycles. The quantitative estimate of drug-likeness (QED) is 0.485. The van der Waals surface area contributed by atoms with Crippen LogP contribution in [-0.2, 0) is 10.3 Å². The van der Waals surface area contributed by atoms with Crippen LogP contribution in [0.25, 0.3) is 0 Å². The second-order valence-electron chi connectivity index (χ2n) is 9.09. The van der Waals surface area contributed by atoms with E-state index in [0.717, 1.165) is 50.4 Å². The average molecular weight is 472 g/mol. The van der Waals surface area contributed by atoms with Crippen LogP contribution in [0.1, 0.15) is 35.8 Å². The fraction of sp³-hybridized carbons (Fsp3) is 0.308. The summed E-state index contributed by atoms with van der Waals surface area (Å²) in [6.45, 7) is 4.70. The van der Waals surface area contributed by atoms with E-state index in [1.165, 1.54) is 5.56 Å². The molecule has 0 spiro atoms. The average Bonchev–Trinajstić information content (AvgIpc) is 3.66. The molecule has 9 heteroatoms. The molecule has 5 rings (SSSR count). The molecule has 2 aliphatic rings. The van der Waals surface area contributed by atoms with Gasteiger partial charge in [-0.1, -0.05) is 30.3 Å². The van der Waals surface area contributed by atoms with Crippen molar-refractivity contribution in [3.63, 3.8) is 0 Å². The van der Waals surface area contributed by atoms with Crippen molar-refractivity contribution in [3.05, 3.63) is 71.9 Å². The van der Waals surface area contributed by atoms with Gasteiger partial charge in [0.15, 0.2) is 11.5 Å². The number of rotatable bonds is 7. The van der Waals surface area contributed by atoms with Crippen LogP contribution in [0.2, 0.25) is 0 Å². The molecule has 0 bridgehead atoms. The van der Waals surface area contributed by atoms with E-state index in [0.29, 0.717) is 11.5 Å². The monoisotopic (exact) mass is 471 g/mol. The van der Waals surface area contributed by atoms with Crippen molar-refractivity contribution in [2.24, 2.45) is 5.73 Å². The second-order valence-corrected chi connectivity index (χ2v) is 9.09. The van der Waals surface area contributed by atoms with Gasteiger partial charge in [-0.3, -0.25) is 9.59 Å². The lowest BCUT2D eigenvalue weighted by molar-refractivity contribution is -0.129. The van der Waals surface area contributed by atoms with E-state index in [1.54, 1.807) is 13.0 Å². The highest BCUT2D eigenvalue weighted by Gasteiger charge is 2.45. The van der Waals surface area contributed by atoms with Crippen LogP contribution in [0.5, 0.6) is 0 Å². The van der Waals surface area contributed by atoms with Gasteiger partial charge in [0.1, 0.15) is 0 Å². The van der Waals surface area contributed by atoms with Crippen LogP contribution >= 0.6 is 0 Å². The summed E-state index contributed by atoms with van der Waals surface area (Å²) in [6.07, 6.45) is 1.92. The fourth-order valence-electron chi connectivity index (χ4n) is 4.54. The van der Waals surface area contributed by atoms with Crippen LogP contribution < -0.4 is 21.3 Å². The van der Waals surface area contributed by atoms with E-state index in [1.807, 2.05) is 47.4 Å². The summed E-state index contributed by atoms with van der Waals surface area (Å²) in [5.41, 5.74) is 9.17. The normalized spacial score (nSPS) is 16.5. The molecule has 1 saturated heterocycles. The number of nitrogens with two attached hydrogens (primary N) is 1. The number of nitrogens with one attached hydrogen (secondary N) is 2. The molecule has 4 N–H and O–H groups in total. The van der Waals surface area contributed by atoms with Crippen molar-refractivity contribution >= 4 is 34.7 Å². The summed E-state index contributed by atoms with van der Waals surface area (Å²) in [6, 6.07) is 20.0. The van der Waals surface area contributed by atoms with E-state index in [4.69, 9.17) is 5.73 Å². The molecule has 35 heavy (non-hydrogen) atoms. The highest BCUT2D eigenvalue weighted by atomic mass is 16.2. The largest absolute Gasteiger partial charge is 0.373 e. The predicted octanol–water partition coefficient (Wildman–Crippen LogP) is 3.09. The summed E-state index contributed by atoms with van der Waals surface area (Å²) in [4.78, 5) is 27.7. The lowest BCUT2D eigenvalue weighted by Crippen LogP contribution is -2.48. The van der Waals surface area contributed by atoms with Crippen LogP contribution in [0.15, 0.2) is 60.7 Å². The first-order valence-electron chi connectivity index (χ1n) is 11.8. The Bertz CT molecular complexity index is 1220. The van der Waals surface area contributed by atoms with Gasteiger partial charge >= 0.3 is 0 Å². The van der Waals surface area contributed by atoms with Crippen molar-refractivity contribution in [3.8, 4) is 0 Å². The molecule has 1 aliphatic heterocycles. The lowest BCUT2D eigenvalue weighted by atomic mass is 10.0. The molecule has 1 saturated carbocycles. The highest BCUT2D eigenvalue weighted by Crippen LogP contribution is 2.48. The zero-order valence-electron chi connectivity index (χ0n) is 19.7. The third kappa shape index (κ3) is 4.89. The Hall–Kier alpha value is -4.14. The molecule has 0 atom stereocenters. The van der Waals surface area contributed by atoms with Crippen LogP contribution in [-0.4, -0.2) is 53.1 Å². The first kappa shape index (κ1) is 22.6. The topological polar surface area (TPSA) is 116 Å². The van der Waals surface area contributed by atoms with Gasteiger partial charge in [-0.2, -0.15) is 0 Å². The van der Waals surface area contributed by atoms with E-state index >= 15 is 0 Å². The van der Waals surface area contributed by atoms with E-state index < -0.39 is 5.91 Å². The third-order valence-electron chi connectivity index (χ3n) is 6.71. The number of piperazine rings is 1. The number of anilines is 4. The maximum atomic E-state index is 12.0. The minimum absolute atomic E-state index is 0.123. The zero-order valence-corrected chi connectivity index (χ0v) is 19.7. The van der Waals surface area contributed by atoms with Gasteiger partial charge in [0.2, 0.25) is 5.91 Å². The minimum atomic E-state index is -0.621. The van der Waals surface area contributed by atoms with Crippen molar-refractivity contribution in [2.75, 3.05) is 41.7 Å². The number of aromatic nitrogens is 2. The summed E-state index contributed by atoms with van der Waals surface area (Å²) in [5.74, 6) is 0.0201. The van der Waals surface area contributed by atoms with Gasteiger partial charge in [0.25, 0.3) is 5.91 Å². The van der Waals surface area contributed by atoms with Gasteiger partial charge in [0, 0.05) is 50.5 Å². The Morgan fingerprint density at radius 2 is 1.63 bits per heavy atom. The van der Waals surface area contributed by atoms with Crippen molar-refractivity contribution in [2.45, 2.75) is 25.3 Å². The molecule has 9 nitrogen and oxygen atoms in total. The third-order valence-corrected chi connectivity index (χ3v) is 6.71. The van der Waals surface area contributed by atoms with Gasteiger partial charge in [0.05, 0.1) is 11.2 Å². The molecular formula is C26H29N7O2. The molecular weight excluding hydrogens is 442 g/mol. The maximum absolute atomic E-state index is 12.0. The van der Waals surface area contributed by atoms with Gasteiger partial charge in [-0.05, 0) is 42.7 Å². The Balaban J connectivity index is 1.30. The lowest BCUT2D eigenvalue weighted by Gasteiger charge is -2.35. The summed E-state index contributed by atoms with van der Waals surface area (Å²) >= 11 is 0. The molecule has 3 aromatic rings. The van der Waals surface area contributed by atoms with Crippen molar-refractivity contribution in [1.29, 1.82) is 0 Å². The van der Waals surface area contributed by atoms with E-state index in [-0.39, 0.29) is 17.1 Å². The molecule has 2 fully saturated rings. The van der Waals surface area contributed by atoms with Crippen molar-refractivity contribution < 1.29 is 9.59 Å². The van der Waals surface area contributed by atoms with Gasteiger partial charge in [-0.15, -0.1) is 10.2 Å². The number of nitrogens with zero attached hydrogens (tertiary/aromatic N) is 4. The Morgan fingerprint density at radius 1 is 0.943 bits per heavy atom. The van der Waals surface area contributed by atoms with Gasteiger partial charge in [-0.25, -0.2) is 0 Å². The fourth-order valence-corrected chi connectivity index (χ4v) is 4.54. The molecule has 0 unspecified atom stereocenters. The molecule has 2 amide bonds. The second kappa shape index (κ2) is 9.25. The standard InChI is InChI=1S/C26H29N7O2/c1-18(34)32-13-15-33(16-14-32)21-9-7-20(8-10-21)28-23-17-22(24(25(27)35)31-30-23)29-26(11-12-26)19-5-3-2-4-6-19/h2-10,17H,11-16H2,1H3,(H2,27,35)(H2,28,29,30). The SMILES string of the molecule is CC(=O)N1CCN(c2ccc(Nc3cc(NC4(c5ccccc5)CC4)c(C(N)=O)nn3)cc2)CC1. The van der Waals surface area contributed by atoms with Crippen LogP contribution in [0, 0.1) is 0 Å². The smallest absolute Gasteiger partial charge is 0.271 e. The summed E-state index contributed by atoms with van der Waals surface area (Å²) in [7, 11) is 0. The molecule has 180 valence electrons. The molecule has 1 aromatic heterocycles. The van der Waals surface area contributed by atoms with Crippen molar-refractivity contribution in [1.82, 2.24) is 15.1 Å². The van der Waals surface area contributed by atoms with Crippen LogP contribution in [0.3, 0.4) is 0 Å². The molecule has 2 heterocycles. The number of hydrogen-bond acceptors (Lipinski definition) is 7. The number of benzene rings is 2. The minimum Gasteiger partial charge on any atom is -0.373 e. The van der Waals surface area contributed by atoms with E-state index in [2.05, 4.69) is 37.9 Å². The van der Waals surface area contributed by atoms with Gasteiger partial charge < -0.3 is 26.2 Å². The summed E-state index contributed by atoms with van der Waals surface area (Å²) < 4.78 is 0. The first-order chi connectivity index (χ1) is 16.9. The number of primary amides is 1.